The van der Waals surface area contributed by atoms with Crippen LogP contribution in [-0.4, -0.2) is 18.7 Å². The number of rotatable bonds is 4. The zero-order valence-electron chi connectivity index (χ0n) is 14.3. The standard InChI is InChI=1S/C18H20ClN3O3/c1-11-7-16(8-12(2)17(11)19)25-10-21-18(24)22(13(3)23)15-6-4-5-14(20)9-15/h4-9H,10,20H2,1-3H3,(H,21,24). The van der Waals surface area contributed by atoms with Gasteiger partial charge in [0.2, 0.25) is 5.91 Å². The molecule has 0 unspecified atom stereocenters. The second-order valence-corrected chi connectivity index (χ2v) is 5.97. The number of anilines is 2. The zero-order valence-corrected chi connectivity index (χ0v) is 15.1. The number of ether oxygens (including phenoxy) is 1. The van der Waals surface area contributed by atoms with Gasteiger partial charge in [-0.05, 0) is 55.3 Å². The second-order valence-electron chi connectivity index (χ2n) is 5.59. The first kappa shape index (κ1) is 18.6. The highest BCUT2D eigenvalue weighted by Gasteiger charge is 2.20. The number of carbonyl (C=O) groups excluding carboxylic acids is 2. The first-order chi connectivity index (χ1) is 11.8. The minimum Gasteiger partial charge on any atom is -0.473 e. The predicted octanol–water partition coefficient (Wildman–Crippen LogP) is 3.64. The molecule has 0 atom stereocenters. The van der Waals surface area contributed by atoms with Crippen LogP contribution >= 0.6 is 11.6 Å². The Balaban J connectivity index is 2.04. The molecule has 2 aromatic rings. The van der Waals surface area contributed by atoms with Crippen LogP contribution in [-0.2, 0) is 4.79 Å². The molecule has 0 bridgehead atoms. The van der Waals surface area contributed by atoms with Crippen molar-refractivity contribution in [2.45, 2.75) is 20.8 Å². The third-order valence-corrected chi connectivity index (χ3v) is 4.11. The Bertz CT molecular complexity index is 785. The van der Waals surface area contributed by atoms with Gasteiger partial charge in [0.05, 0.1) is 5.69 Å². The summed E-state index contributed by atoms with van der Waals surface area (Å²) in [5.74, 6) is 0.152. The van der Waals surface area contributed by atoms with E-state index in [4.69, 9.17) is 22.1 Å². The van der Waals surface area contributed by atoms with Gasteiger partial charge in [-0.3, -0.25) is 4.79 Å². The van der Waals surface area contributed by atoms with Crippen LogP contribution < -0.4 is 20.7 Å². The molecule has 7 heteroatoms. The summed E-state index contributed by atoms with van der Waals surface area (Å²) in [5.41, 5.74) is 8.32. The van der Waals surface area contributed by atoms with Crippen molar-refractivity contribution >= 4 is 34.9 Å². The number of nitrogens with one attached hydrogen (secondary N) is 1. The molecule has 2 rings (SSSR count). The van der Waals surface area contributed by atoms with Crippen LogP contribution in [0.3, 0.4) is 0 Å². The Morgan fingerprint density at radius 2 is 1.84 bits per heavy atom. The first-order valence-electron chi connectivity index (χ1n) is 7.63. The number of hydrogen-bond donors (Lipinski definition) is 2. The highest BCUT2D eigenvalue weighted by molar-refractivity contribution is 6.32. The minimum absolute atomic E-state index is 0.0918. The summed E-state index contributed by atoms with van der Waals surface area (Å²) in [5, 5.41) is 3.24. The number of halogens is 1. The SMILES string of the molecule is CC(=O)N(C(=O)NCOc1cc(C)c(Cl)c(C)c1)c1cccc(N)c1. The van der Waals surface area contributed by atoms with Crippen LogP contribution in [0.5, 0.6) is 5.75 Å². The summed E-state index contributed by atoms with van der Waals surface area (Å²) in [7, 11) is 0. The van der Waals surface area contributed by atoms with Gasteiger partial charge >= 0.3 is 6.03 Å². The van der Waals surface area contributed by atoms with E-state index in [1.54, 1.807) is 36.4 Å². The van der Waals surface area contributed by atoms with Gasteiger partial charge in [0.15, 0.2) is 6.73 Å². The van der Waals surface area contributed by atoms with E-state index in [0.717, 1.165) is 16.0 Å². The van der Waals surface area contributed by atoms with Gasteiger partial charge in [0.25, 0.3) is 0 Å². The summed E-state index contributed by atoms with van der Waals surface area (Å²) in [4.78, 5) is 25.2. The van der Waals surface area contributed by atoms with Crippen LogP contribution in [0.15, 0.2) is 36.4 Å². The number of nitrogen functional groups attached to an aromatic ring is 1. The smallest absolute Gasteiger partial charge is 0.331 e. The number of nitrogens with two attached hydrogens (primary N) is 1. The second kappa shape index (κ2) is 7.90. The number of hydrogen-bond acceptors (Lipinski definition) is 4. The topological polar surface area (TPSA) is 84.7 Å². The Labute approximate surface area is 151 Å². The van der Waals surface area contributed by atoms with Gasteiger partial charge in [-0.15, -0.1) is 0 Å². The van der Waals surface area contributed by atoms with Crippen molar-refractivity contribution in [2.75, 3.05) is 17.4 Å². The summed E-state index contributed by atoms with van der Waals surface area (Å²) < 4.78 is 5.53. The van der Waals surface area contributed by atoms with Gasteiger partial charge in [-0.25, -0.2) is 9.69 Å². The van der Waals surface area contributed by atoms with Crippen molar-refractivity contribution < 1.29 is 14.3 Å². The van der Waals surface area contributed by atoms with E-state index in [1.807, 2.05) is 13.8 Å². The molecule has 132 valence electrons. The molecule has 6 nitrogen and oxygen atoms in total. The Morgan fingerprint density at radius 1 is 1.20 bits per heavy atom. The van der Waals surface area contributed by atoms with Crippen LogP contribution in [0.1, 0.15) is 18.1 Å². The van der Waals surface area contributed by atoms with Gasteiger partial charge in [0.1, 0.15) is 5.75 Å². The third-order valence-electron chi connectivity index (χ3n) is 3.52. The van der Waals surface area contributed by atoms with Gasteiger partial charge in [-0.2, -0.15) is 0 Å². The molecule has 0 aliphatic rings. The number of urea groups is 1. The maximum Gasteiger partial charge on any atom is 0.331 e. The number of nitrogens with zero attached hydrogens (tertiary/aromatic N) is 1. The van der Waals surface area contributed by atoms with Crippen molar-refractivity contribution in [2.24, 2.45) is 0 Å². The lowest BCUT2D eigenvalue weighted by Gasteiger charge is -2.20. The van der Waals surface area contributed by atoms with Crippen LogP contribution in [0.25, 0.3) is 0 Å². The average molecular weight is 362 g/mol. The van der Waals surface area contributed by atoms with E-state index >= 15 is 0 Å². The maximum atomic E-state index is 12.3. The summed E-state index contributed by atoms with van der Waals surface area (Å²) in [6, 6.07) is 9.49. The highest BCUT2D eigenvalue weighted by atomic mass is 35.5. The Kier molecular flexibility index (Phi) is 5.88. The van der Waals surface area contributed by atoms with Gasteiger partial charge in [-0.1, -0.05) is 17.7 Å². The predicted molar refractivity (Wildman–Crippen MR) is 99.0 cm³/mol. The van der Waals surface area contributed by atoms with Crippen molar-refractivity contribution in [3.8, 4) is 5.75 Å². The molecule has 0 saturated carbocycles. The lowest BCUT2D eigenvalue weighted by atomic mass is 10.1. The maximum absolute atomic E-state index is 12.3. The summed E-state index contributed by atoms with van der Waals surface area (Å²) in [6.45, 7) is 4.96. The Morgan fingerprint density at radius 3 is 2.40 bits per heavy atom. The van der Waals surface area contributed by atoms with E-state index < -0.39 is 11.9 Å². The largest absolute Gasteiger partial charge is 0.473 e. The average Bonchev–Trinajstić information content (AvgIpc) is 2.52. The quantitative estimate of drug-likeness (QED) is 0.643. The molecule has 0 spiro atoms. The fourth-order valence-corrected chi connectivity index (χ4v) is 2.46. The van der Waals surface area contributed by atoms with E-state index in [-0.39, 0.29) is 6.73 Å². The van der Waals surface area contributed by atoms with E-state index in [1.165, 1.54) is 6.92 Å². The molecule has 0 aromatic heterocycles. The van der Waals surface area contributed by atoms with E-state index in [2.05, 4.69) is 5.32 Å². The fourth-order valence-electron chi connectivity index (χ4n) is 2.36. The molecule has 25 heavy (non-hydrogen) atoms. The zero-order chi connectivity index (χ0) is 18.6. The van der Waals surface area contributed by atoms with Crippen LogP contribution in [0.2, 0.25) is 5.02 Å². The van der Waals surface area contributed by atoms with Crippen molar-refractivity contribution in [1.29, 1.82) is 0 Å². The number of aryl methyl sites for hydroxylation is 2. The normalized spacial score (nSPS) is 10.2. The van der Waals surface area contributed by atoms with Gasteiger partial charge in [0, 0.05) is 17.6 Å². The molecule has 0 aliphatic carbocycles. The minimum atomic E-state index is -0.597. The fraction of sp³-hybridized carbons (Fsp3) is 0.222. The lowest BCUT2D eigenvalue weighted by Crippen LogP contribution is -2.44. The van der Waals surface area contributed by atoms with Crippen LogP contribution in [0, 0.1) is 13.8 Å². The molecular weight excluding hydrogens is 342 g/mol. The molecule has 0 aliphatic heterocycles. The number of imide groups is 1. The van der Waals surface area contributed by atoms with E-state index in [9.17, 15) is 9.59 Å². The van der Waals surface area contributed by atoms with E-state index in [0.29, 0.717) is 22.1 Å². The highest BCUT2D eigenvalue weighted by Crippen LogP contribution is 2.25. The first-order valence-corrected chi connectivity index (χ1v) is 8.01. The summed E-state index contributed by atoms with van der Waals surface area (Å²) >= 11 is 6.11. The molecule has 3 amide bonds. The lowest BCUT2D eigenvalue weighted by molar-refractivity contribution is -0.115. The molecule has 0 saturated heterocycles. The number of amides is 3. The monoisotopic (exact) mass is 361 g/mol. The van der Waals surface area contributed by atoms with Gasteiger partial charge < -0.3 is 15.8 Å². The molecule has 0 heterocycles. The molecular formula is C18H20ClN3O3. The number of carbonyl (C=O) groups is 2. The van der Waals surface area contributed by atoms with Crippen LogP contribution in [0.4, 0.5) is 16.2 Å². The molecule has 2 aromatic carbocycles. The molecule has 0 radical (unpaired) electrons. The van der Waals surface area contributed by atoms with Crippen molar-refractivity contribution in [3.05, 3.63) is 52.5 Å². The third kappa shape index (κ3) is 4.64. The summed E-state index contributed by atoms with van der Waals surface area (Å²) in [6.07, 6.45) is 0. The number of benzene rings is 2. The molecule has 3 N–H and O–H groups in total. The molecule has 0 fully saturated rings. The Hall–Kier alpha value is -2.73. The van der Waals surface area contributed by atoms with Crippen molar-refractivity contribution in [3.63, 3.8) is 0 Å². The van der Waals surface area contributed by atoms with Crippen molar-refractivity contribution in [1.82, 2.24) is 5.32 Å².